The molecule has 0 amide bonds. The zero-order chi connectivity index (χ0) is 11.4. The minimum Gasteiger partial charge on any atom is -0.478 e. The van der Waals surface area contributed by atoms with Gasteiger partial charge < -0.3 is 10.2 Å². The second kappa shape index (κ2) is 4.12. The predicted molar refractivity (Wildman–Crippen MR) is 47.3 cm³/mol. The fourth-order valence-electron chi connectivity index (χ4n) is 0.982. The van der Waals surface area contributed by atoms with E-state index in [1.807, 2.05) is 0 Å². The molecule has 0 bridgehead atoms. The summed E-state index contributed by atoms with van der Waals surface area (Å²) in [5, 5.41) is 20.6. The molecule has 0 saturated carbocycles. The molecule has 0 saturated heterocycles. The van der Waals surface area contributed by atoms with Gasteiger partial charge in [-0.15, -0.1) is 0 Å². The zero-order valence-electron chi connectivity index (χ0n) is 7.34. The molecule has 7 nitrogen and oxygen atoms in total. The maximum Gasteiger partial charge on any atom is 0.338 e. The molecule has 1 aromatic rings. The number of benzene rings is 1. The van der Waals surface area contributed by atoms with E-state index in [0.717, 1.165) is 18.2 Å². The molecular weight excluding hydrogens is 202 g/mol. The van der Waals surface area contributed by atoms with Crippen LogP contribution in [0.25, 0.3) is 0 Å². The molecule has 0 aliphatic heterocycles. The van der Waals surface area contributed by atoms with Gasteiger partial charge in [-0.1, -0.05) is 0 Å². The number of aromatic carboxylic acids is 2. The lowest BCUT2D eigenvalue weighted by Crippen LogP contribution is -2.01. The first-order valence-electron chi connectivity index (χ1n) is 3.74. The standard InChI is InChI=1S/C8H5N3O4/c9-11-10-6-3-4(7(12)13)1-2-5(6)8(14)15/h1-3,9H,(H-,12,13,14,15)/p+1. The average Bonchev–Trinajstić information content (AvgIpc) is 2.17. The summed E-state index contributed by atoms with van der Waals surface area (Å²) in [6.07, 6.45) is 0. The molecule has 1 rings (SSSR count). The van der Waals surface area contributed by atoms with Crippen LogP contribution in [0.2, 0.25) is 0 Å². The molecule has 0 radical (unpaired) electrons. The van der Waals surface area contributed by atoms with Crippen molar-refractivity contribution < 1.29 is 19.8 Å². The van der Waals surface area contributed by atoms with E-state index < -0.39 is 11.9 Å². The van der Waals surface area contributed by atoms with E-state index in [4.69, 9.17) is 15.7 Å². The monoisotopic (exact) mass is 208 g/mol. The first-order valence-corrected chi connectivity index (χ1v) is 3.74. The van der Waals surface area contributed by atoms with Gasteiger partial charge >= 0.3 is 11.9 Å². The third-order valence-corrected chi connectivity index (χ3v) is 1.63. The van der Waals surface area contributed by atoms with Crippen LogP contribution in [0.3, 0.4) is 0 Å². The highest BCUT2D eigenvalue weighted by Crippen LogP contribution is 2.20. The van der Waals surface area contributed by atoms with Crippen molar-refractivity contribution in [1.29, 1.82) is 5.53 Å². The van der Waals surface area contributed by atoms with Gasteiger partial charge in [-0.25, -0.2) is 9.59 Å². The molecule has 0 aliphatic rings. The van der Waals surface area contributed by atoms with E-state index in [9.17, 15) is 9.59 Å². The minimum atomic E-state index is -1.26. The summed E-state index contributed by atoms with van der Waals surface area (Å²) >= 11 is 0. The minimum absolute atomic E-state index is 0.109. The van der Waals surface area contributed by atoms with E-state index >= 15 is 0 Å². The zero-order valence-corrected chi connectivity index (χ0v) is 7.34. The molecule has 0 aromatic heterocycles. The molecule has 0 unspecified atom stereocenters. The molecule has 0 atom stereocenters. The average molecular weight is 208 g/mol. The first-order chi connectivity index (χ1) is 7.06. The van der Waals surface area contributed by atoms with Crippen LogP contribution >= 0.6 is 0 Å². The van der Waals surface area contributed by atoms with Crippen molar-refractivity contribution in [1.82, 2.24) is 4.91 Å². The van der Waals surface area contributed by atoms with Crippen LogP contribution < -0.4 is 4.91 Å². The smallest absolute Gasteiger partial charge is 0.338 e. The molecule has 15 heavy (non-hydrogen) atoms. The van der Waals surface area contributed by atoms with Gasteiger partial charge in [-0.2, -0.15) is 0 Å². The maximum absolute atomic E-state index is 10.7. The molecule has 0 heterocycles. The highest BCUT2D eigenvalue weighted by Gasteiger charge is 2.15. The van der Waals surface area contributed by atoms with Crippen LogP contribution in [-0.4, -0.2) is 22.2 Å². The van der Waals surface area contributed by atoms with Gasteiger partial charge in [0.1, 0.15) is 5.53 Å². The summed E-state index contributed by atoms with van der Waals surface area (Å²) in [6.45, 7) is 0. The third kappa shape index (κ3) is 2.23. The van der Waals surface area contributed by atoms with Crippen LogP contribution in [0.1, 0.15) is 20.7 Å². The van der Waals surface area contributed by atoms with Gasteiger partial charge in [0, 0.05) is 0 Å². The number of hydrogen-bond acceptors (Lipinski definition) is 4. The van der Waals surface area contributed by atoms with Crippen LogP contribution in [0.15, 0.2) is 23.3 Å². The first kappa shape index (κ1) is 10.6. The normalized spacial score (nSPS) is 9.07. The summed E-state index contributed by atoms with van der Waals surface area (Å²) in [4.78, 5) is 23.9. The van der Waals surface area contributed by atoms with Gasteiger partial charge in [-0.05, 0) is 18.2 Å². The topological polar surface area (TPSA) is 125 Å². The molecule has 0 fully saturated rings. The Morgan fingerprint density at radius 2 is 1.93 bits per heavy atom. The van der Waals surface area contributed by atoms with E-state index in [2.05, 4.69) is 10.0 Å². The summed E-state index contributed by atoms with van der Waals surface area (Å²) in [5.74, 6) is -2.46. The lowest BCUT2D eigenvalue weighted by molar-refractivity contribution is 0.0682. The van der Waals surface area contributed by atoms with Crippen LogP contribution in [0.5, 0.6) is 0 Å². The van der Waals surface area contributed by atoms with E-state index in [-0.39, 0.29) is 16.8 Å². The molecule has 3 N–H and O–H groups in total. The van der Waals surface area contributed by atoms with E-state index in [0.29, 0.717) is 0 Å². The van der Waals surface area contributed by atoms with E-state index in [1.54, 1.807) is 0 Å². The lowest BCUT2D eigenvalue weighted by Gasteiger charge is -1.97. The highest BCUT2D eigenvalue weighted by atomic mass is 16.4. The fraction of sp³-hybridized carbons (Fsp3) is 0. The second-order valence-electron chi connectivity index (χ2n) is 2.54. The van der Waals surface area contributed by atoms with Crippen molar-refractivity contribution in [2.45, 2.75) is 0 Å². The van der Waals surface area contributed by atoms with Crippen molar-refractivity contribution >= 4 is 17.6 Å². The number of nitrogens with one attached hydrogen (secondary N) is 1. The molecule has 1 aromatic carbocycles. The summed E-state index contributed by atoms with van der Waals surface area (Å²) in [5.41, 5.74) is 6.01. The number of carboxylic acids is 2. The van der Waals surface area contributed by atoms with Crippen molar-refractivity contribution in [3.63, 3.8) is 0 Å². The van der Waals surface area contributed by atoms with Crippen molar-refractivity contribution in [3.05, 3.63) is 29.3 Å². The number of carbonyl (C=O) groups is 2. The second-order valence-corrected chi connectivity index (χ2v) is 2.54. The Hall–Kier alpha value is -2.53. The van der Waals surface area contributed by atoms with Crippen molar-refractivity contribution in [2.24, 2.45) is 5.11 Å². The van der Waals surface area contributed by atoms with Gasteiger partial charge in [0.2, 0.25) is 4.91 Å². The number of hydrogen-bond donors (Lipinski definition) is 3. The Balaban J connectivity index is 3.39. The number of carboxylic acid groups (broad SMARTS) is 2. The Bertz CT molecular complexity index is 477. The summed E-state index contributed by atoms with van der Waals surface area (Å²) < 4.78 is 0. The van der Waals surface area contributed by atoms with Gasteiger partial charge in [0.15, 0.2) is 10.8 Å². The Morgan fingerprint density at radius 3 is 2.40 bits per heavy atom. The van der Waals surface area contributed by atoms with Gasteiger partial charge in [-0.3, -0.25) is 0 Å². The SMILES string of the molecule is N=[N+]=Nc1cc(C(=O)O)ccc1C(=O)O. The third-order valence-electron chi connectivity index (χ3n) is 1.63. The van der Waals surface area contributed by atoms with Crippen molar-refractivity contribution in [2.75, 3.05) is 0 Å². The summed E-state index contributed by atoms with van der Waals surface area (Å²) in [7, 11) is 0. The lowest BCUT2D eigenvalue weighted by atomic mass is 10.1. The number of rotatable bonds is 3. The molecule has 0 spiro atoms. The Kier molecular flexibility index (Phi) is 2.90. The molecule has 7 heteroatoms. The van der Waals surface area contributed by atoms with Crippen LogP contribution in [0.4, 0.5) is 5.69 Å². The van der Waals surface area contributed by atoms with Crippen LogP contribution in [0, 0.1) is 5.53 Å². The maximum atomic E-state index is 10.7. The quantitative estimate of drug-likeness (QED) is 0.510. The largest absolute Gasteiger partial charge is 0.478 e. The van der Waals surface area contributed by atoms with E-state index in [1.165, 1.54) is 0 Å². The highest BCUT2D eigenvalue weighted by molar-refractivity contribution is 5.96. The van der Waals surface area contributed by atoms with Crippen LogP contribution in [-0.2, 0) is 0 Å². The predicted octanol–water partition coefficient (Wildman–Crippen LogP) is 1.26. The summed E-state index contributed by atoms with van der Waals surface area (Å²) in [6, 6.07) is 3.30. The van der Waals surface area contributed by atoms with Gasteiger partial charge in [0.25, 0.3) is 0 Å². The molecular formula is C8H6N3O4+. The van der Waals surface area contributed by atoms with Gasteiger partial charge in [0.05, 0.1) is 11.1 Å². The molecule has 76 valence electrons. The number of nitrogens with zero attached hydrogens (tertiary/aromatic N) is 2. The fourth-order valence-corrected chi connectivity index (χ4v) is 0.982. The van der Waals surface area contributed by atoms with Crippen molar-refractivity contribution in [3.8, 4) is 0 Å². The Labute approximate surface area is 83.2 Å². The Morgan fingerprint density at radius 1 is 1.27 bits per heavy atom. The molecule has 0 aliphatic carbocycles.